The molecule has 0 aliphatic heterocycles. The number of ether oxygens (including phenoxy) is 1. The van der Waals surface area contributed by atoms with Crippen LogP contribution in [0.3, 0.4) is 0 Å². The van der Waals surface area contributed by atoms with Crippen molar-refractivity contribution in [1.82, 2.24) is 4.57 Å². The van der Waals surface area contributed by atoms with Crippen LogP contribution in [0.25, 0.3) is 10.2 Å². The van der Waals surface area contributed by atoms with E-state index >= 15 is 0 Å². The first-order valence-corrected chi connectivity index (χ1v) is 14.8. The van der Waals surface area contributed by atoms with Crippen LogP contribution in [0.5, 0.6) is 11.5 Å². The average molecular weight is 559 g/mol. The molecule has 7 nitrogen and oxygen atoms in total. The zero-order chi connectivity index (χ0) is 27.4. The second kappa shape index (κ2) is 11.3. The maximum absolute atomic E-state index is 12.8. The molecule has 0 atom stereocenters. The lowest BCUT2D eigenvalue weighted by Gasteiger charge is -2.09. The number of anilines is 1. The third-order valence-corrected chi connectivity index (χ3v) is 8.89. The van der Waals surface area contributed by atoms with Crippen molar-refractivity contribution in [3.05, 3.63) is 118 Å². The maximum Gasteiger partial charge on any atom is 0.308 e. The van der Waals surface area contributed by atoms with Crippen molar-refractivity contribution < 1.29 is 17.9 Å². The van der Waals surface area contributed by atoms with E-state index in [1.54, 1.807) is 35.8 Å². The Kier molecular flexibility index (Phi) is 7.63. The summed E-state index contributed by atoms with van der Waals surface area (Å²) in [4.78, 5) is 25.6. The van der Waals surface area contributed by atoms with E-state index in [0.717, 1.165) is 32.9 Å². The summed E-state index contributed by atoms with van der Waals surface area (Å²) in [6.45, 7) is 1.98. The number of amides is 1. The van der Waals surface area contributed by atoms with Crippen LogP contribution >= 0.6 is 11.3 Å². The fourth-order valence-corrected chi connectivity index (χ4v) is 5.99. The first kappa shape index (κ1) is 26.4. The molecule has 5 rings (SSSR count). The normalized spacial score (nSPS) is 11.4. The Morgan fingerprint density at radius 1 is 0.872 bits per heavy atom. The highest BCUT2D eigenvalue weighted by Gasteiger charge is 2.13. The number of nitrogens with one attached hydrogen (secondary N) is 1. The van der Waals surface area contributed by atoms with Crippen LogP contribution in [0.4, 0.5) is 5.69 Å². The number of fused-ring (bicyclic) bond motifs is 1. The average Bonchev–Trinajstić information content (AvgIpc) is 3.23. The Bertz CT molecular complexity index is 1790. The van der Waals surface area contributed by atoms with E-state index in [4.69, 9.17) is 4.74 Å². The van der Waals surface area contributed by atoms with Crippen LogP contribution in [0.2, 0.25) is 0 Å². The van der Waals surface area contributed by atoms with Crippen LogP contribution in [0.1, 0.15) is 18.1 Å². The smallest absolute Gasteiger partial charge is 0.308 e. The SMILES string of the molecule is CCS(=O)(=O)c1ccc(CC(=O)Nc2ccc3c(c2)sc(=O)n3Cc2cccc(Oc3ccccc3)c2)cc1. The van der Waals surface area contributed by atoms with Gasteiger partial charge in [0.1, 0.15) is 11.5 Å². The lowest BCUT2D eigenvalue weighted by atomic mass is 10.1. The van der Waals surface area contributed by atoms with E-state index in [1.807, 2.05) is 60.7 Å². The topological polar surface area (TPSA) is 94.5 Å². The highest BCUT2D eigenvalue weighted by Crippen LogP contribution is 2.25. The number of aromatic nitrogens is 1. The summed E-state index contributed by atoms with van der Waals surface area (Å²) >= 11 is 1.12. The van der Waals surface area contributed by atoms with Crippen molar-refractivity contribution in [2.24, 2.45) is 0 Å². The molecule has 0 saturated heterocycles. The third kappa shape index (κ3) is 6.27. The van der Waals surface area contributed by atoms with Gasteiger partial charge in [0.05, 0.1) is 33.8 Å². The van der Waals surface area contributed by atoms with Gasteiger partial charge in [-0.1, -0.05) is 60.7 Å². The van der Waals surface area contributed by atoms with Crippen molar-refractivity contribution in [3.8, 4) is 11.5 Å². The minimum Gasteiger partial charge on any atom is -0.457 e. The molecule has 39 heavy (non-hydrogen) atoms. The molecule has 0 unspecified atom stereocenters. The number of para-hydroxylation sites is 1. The van der Waals surface area contributed by atoms with Gasteiger partial charge in [0.25, 0.3) is 0 Å². The number of hydrogen-bond acceptors (Lipinski definition) is 6. The molecule has 5 aromatic rings. The molecule has 0 aliphatic rings. The van der Waals surface area contributed by atoms with Crippen LogP contribution in [-0.2, 0) is 27.6 Å². The van der Waals surface area contributed by atoms with Crippen LogP contribution in [0, 0.1) is 0 Å². The van der Waals surface area contributed by atoms with Gasteiger partial charge in [-0.2, -0.15) is 0 Å². The van der Waals surface area contributed by atoms with Gasteiger partial charge in [0.2, 0.25) is 5.91 Å². The predicted octanol–water partition coefficient (Wildman–Crippen LogP) is 5.88. The Hall–Kier alpha value is -4.21. The first-order chi connectivity index (χ1) is 18.8. The molecular formula is C30H26N2O5S2. The summed E-state index contributed by atoms with van der Waals surface area (Å²) in [6.07, 6.45) is 0.100. The van der Waals surface area contributed by atoms with Crippen molar-refractivity contribution in [2.45, 2.75) is 24.8 Å². The maximum atomic E-state index is 12.8. The molecule has 9 heteroatoms. The minimum atomic E-state index is -3.28. The standard InChI is InChI=1S/C30H26N2O5S2/c1-2-39(35,36)26-14-11-21(12-15-26)18-29(33)31-23-13-16-27-28(19-23)38-30(34)32(27)20-22-7-6-10-25(17-22)37-24-8-4-3-5-9-24/h3-17,19H,2,18,20H2,1H3,(H,31,33). The fraction of sp³-hybridized carbons (Fsp3) is 0.133. The molecule has 198 valence electrons. The van der Waals surface area contributed by atoms with Gasteiger partial charge in [-0.15, -0.1) is 0 Å². The second-order valence-corrected chi connectivity index (χ2v) is 12.2. The van der Waals surface area contributed by atoms with Crippen molar-refractivity contribution in [2.75, 3.05) is 11.1 Å². The zero-order valence-corrected chi connectivity index (χ0v) is 22.8. The molecule has 1 heterocycles. The molecule has 1 N–H and O–H groups in total. The number of benzene rings is 4. The number of carbonyl (C=O) groups is 1. The van der Waals surface area contributed by atoms with Gasteiger partial charge in [-0.3, -0.25) is 14.2 Å². The Morgan fingerprint density at radius 2 is 1.62 bits per heavy atom. The van der Waals surface area contributed by atoms with Crippen molar-refractivity contribution in [1.29, 1.82) is 0 Å². The number of nitrogens with zero attached hydrogens (tertiary/aromatic N) is 1. The largest absolute Gasteiger partial charge is 0.457 e. The van der Waals surface area contributed by atoms with Crippen LogP contribution in [0.15, 0.2) is 107 Å². The predicted molar refractivity (Wildman–Crippen MR) is 155 cm³/mol. The van der Waals surface area contributed by atoms with E-state index in [9.17, 15) is 18.0 Å². The van der Waals surface area contributed by atoms with Crippen molar-refractivity contribution in [3.63, 3.8) is 0 Å². The highest BCUT2D eigenvalue weighted by molar-refractivity contribution is 7.91. The Morgan fingerprint density at radius 3 is 2.36 bits per heavy atom. The summed E-state index contributed by atoms with van der Waals surface area (Å²) in [7, 11) is -3.28. The molecule has 0 bridgehead atoms. The van der Waals surface area contributed by atoms with E-state index in [2.05, 4.69) is 5.32 Å². The zero-order valence-electron chi connectivity index (χ0n) is 21.2. The van der Waals surface area contributed by atoms with Crippen LogP contribution < -0.4 is 14.9 Å². The van der Waals surface area contributed by atoms with Gasteiger partial charge >= 0.3 is 4.87 Å². The summed E-state index contributed by atoms with van der Waals surface area (Å²) in [5.74, 6) is 1.22. The van der Waals surface area contributed by atoms with Crippen LogP contribution in [-0.4, -0.2) is 24.6 Å². The van der Waals surface area contributed by atoms with Gasteiger partial charge < -0.3 is 10.1 Å². The van der Waals surface area contributed by atoms with E-state index in [0.29, 0.717) is 23.5 Å². The van der Waals surface area contributed by atoms with E-state index in [-0.39, 0.29) is 27.8 Å². The molecule has 0 radical (unpaired) electrons. The number of carbonyl (C=O) groups excluding carboxylic acids is 1. The summed E-state index contributed by atoms with van der Waals surface area (Å²) in [5, 5.41) is 2.87. The molecule has 4 aromatic carbocycles. The van der Waals surface area contributed by atoms with Gasteiger partial charge in [0.15, 0.2) is 9.84 Å². The van der Waals surface area contributed by atoms with E-state index in [1.165, 1.54) is 12.1 Å². The lowest BCUT2D eigenvalue weighted by Crippen LogP contribution is -2.15. The Labute approximate surface area is 230 Å². The molecule has 0 spiro atoms. The Balaban J connectivity index is 1.28. The minimum absolute atomic E-state index is 0.0260. The summed E-state index contributed by atoms with van der Waals surface area (Å²) in [5.41, 5.74) is 3.01. The quantitative estimate of drug-likeness (QED) is 0.244. The molecular weight excluding hydrogens is 532 g/mol. The van der Waals surface area contributed by atoms with Gasteiger partial charge in [-0.05, 0) is 65.7 Å². The molecule has 0 saturated carbocycles. The summed E-state index contributed by atoms with van der Waals surface area (Å²) < 4.78 is 32.4. The first-order valence-electron chi connectivity index (χ1n) is 12.4. The molecule has 1 amide bonds. The number of thiazole rings is 1. The number of hydrogen-bond donors (Lipinski definition) is 1. The van der Waals surface area contributed by atoms with E-state index < -0.39 is 9.84 Å². The third-order valence-electron chi connectivity index (χ3n) is 6.20. The fourth-order valence-electron chi connectivity index (χ4n) is 4.18. The molecule has 0 fully saturated rings. The second-order valence-electron chi connectivity index (χ2n) is 8.97. The van der Waals surface area contributed by atoms with Gasteiger partial charge in [0, 0.05) is 5.69 Å². The van der Waals surface area contributed by atoms with Crippen molar-refractivity contribution >= 4 is 43.0 Å². The van der Waals surface area contributed by atoms with Gasteiger partial charge in [-0.25, -0.2) is 8.42 Å². The monoisotopic (exact) mass is 558 g/mol. The highest BCUT2D eigenvalue weighted by atomic mass is 32.2. The number of sulfone groups is 1. The lowest BCUT2D eigenvalue weighted by molar-refractivity contribution is -0.115. The summed E-state index contributed by atoms with van der Waals surface area (Å²) in [6, 6.07) is 28.9. The molecule has 0 aliphatic carbocycles. The number of rotatable bonds is 9. The molecule has 1 aromatic heterocycles.